The molecule has 0 unspecified atom stereocenters. The summed E-state index contributed by atoms with van der Waals surface area (Å²) < 4.78 is 0. The van der Waals surface area contributed by atoms with Crippen molar-refractivity contribution in [2.75, 3.05) is 0 Å². The van der Waals surface area contributed by atoms with Crippen LogP contribution in [0.2, 0.25) is 0 Å². The van der Waals surface area contributed by atoms with E-state index in [-0.39, 0.29) is 5.92 Å². The second-order valence-electron chi connectivity index (χ2n) is 4.88. The molecule has 0 aliphatic carbocycles. The lowest BCUT2D eigenvalue weighted by atomic mass is 9.84. The Morgan fingerprint density at radius 2 is 1.10 bits per heavy atom. The quantitative estimate of drug-likeness (QED) is 0.822. The number of nitrogens with zero attached hydrogens (tertiary/aromatic N) is 2. The smallest absolute Gasteiger partial charge is 0.136 e. The van der Waals surface area contributed by atoms with Gasteiger partial charge in [-0.1, -0.05) is 60.7 Å². The normalized spacial score (nSPS) is 10.2. The van der Waals surface area contributed by atoms with Crippen LogP contribution in [-0.4, -0.2) is 0 Å². The molecule has 0 saturated carbocycles. The molecule has 0 aliphatic rings. The average Bonchev–Trinajstić information content (AvgIpc) is 2.50. The molecule has 0 saturated heterocycles. The predicted octanol–water partition coefficient (Wildman–Crippen LogP) is 3.75. The van der Waals surface area contributed by atoms with E-state index in [2.05, 4.69) is 12.1 Å². The van der Waals surface area contributed by atoms with Gasteiger partial charge in [-0.3, -0.25) is 0 Å². The minimum Gasteiger partial charge on any atom is -0.197 e. The summed E-state index contributed by atoms with van der Waals surface area (Å²) in [6, 6.07) is 24.3. The van der Waals surface area contributed by atoms with Gasteiger partial charge in [0.1, 0.15) is 5.92 Å². The molecule has 2 aromatic carbocycles. The summed E-state index contributed by atoms with van der Waals surface area (Å²) in [5.74, 6) is -0.551. The summed E-state index contributed by atoms with van der Waals surface area (Å²) in [4.78, 5) is 0. The van der Waals surface area contributed by atoms with E-state index in [1.807, 2.05) is 60.7 Å². The Morgan fingerprint density at radius 1 is 0.700 bits per heavy atom. The van der Waals surface area contributed by atoms with E-state index in [0.717, 1.165) is 12.8 Å². The molecular formula is C18H16N2. The molecular weight excluding hydrogens is 244 g/mol. The molecule has 2 rings (SSSR count). The molecule has 2 heteroatoms. The van der Waals surface area contributed by atoms with Gasteiger partial charge >= 0.3 is 0 Å². The van der Waals surface area contributed by atoms with Crippen molar-refractivity contribution in [3.63, 3.8) is 0 Å². The molecule has 0 radical (unpaired) electrons. The van der Waals surface area contributed by atoms with Crippen LogP contribution in [0.1, 0.15) is 11.1 Å². The lowest BCUT2D eigenvalue weighted by Crippen LogP contribution is -2.17. The number of benzene rings is 2. The second kappa shape index (κ2) is 7.12. The van der Waals surface area contributed by atoms with Crippen molar-refractivity contribution in [1.29, 1.82) is 10.5 Å². The first-order chi connectivity index (χ1) is 9.83. The van der Waals surface area contributed by atoms with Crippen molar-refractivity contribution < 1.29 is 0 Å². The molecule has 0 fully saturated rings. The van der Waals surface area contributed by atoms with Crippen LogP contribution >= 0.6 is 0 Å². The largest absolute Gasteiger partial charge is 0.197 e. The molecule has 0 bridgehead atoms. The third-order valence-electron chi connectivity index (χ3n) is 3.43. The van der Waals surface area contributed by atoms with Gasteiger partial charge in [-0.25, -0.2) is 0 Å². The SMILES string of the molecule is N#CC(C#N)C(Cc1ccccc1)Cc1ccccc1. The minimum atomic E-state index is -0.574. The van der Waals surface area contributed by atoms with Gasteiger partial charge in [0.05, 0.1) is 12.1 Å². The van der Waals surface area contributed by atoms with Crippen LogP contribution in [0.3, 0.4) is 0 Å². The predicted molar refractivity (Wildman–Crippen MR) is 78.5 cm³/mol. The van der Waals surface area contributed by atoms with Crippen molar-refractivity contribution in [1.82, 2.24) is 0 Å². The number of nitriles is 2. The Bertz CT molecular complexity index is 550. The highest BCUT2D eigenvalue weighted by Gasteiger charge is 2.21. The van der Waals surface area contributed by atoms with Gasteiger partial charge in [-0.2, -0.15) is 10.5 Å². The van der Waals surface area contributed by atoms with Gasteiger partial charge in [0.25, 0.3) is 0 Å². The van der Waals surface area contributed by atoms with Gasteiger partial charge in [-0.15, -0.1) is 0 Å². The van der Waals surface area contributed by atoms with Gasteiger partial charge in [0.2, 0.25) is 0 Å². The first kappa shape index (κ1) is 13.8. The monoisotopic (exact) mass is 260 g/mol. The highest BCUT2D eigenvalue weighted by molar-refractivity contribution is 5.21. The Balaban J connectivity index is 2.18. The van der Waals surface area contributed by atoms with Crippen molar-refractivity contribution >= 4 is 0 Å². The van der Waals surface area contributed by atoms with Crippen LogP contribution < -0.4 is 0 Å². The highest BCUT2D eigenvalue weighted by atomic mass is 14.4. The maximum absolute atomic E-state index is 9.18. The van der Waals surface area contributed by atoms with Crippen LogP contribution in [-0.2, 0) is 12.8 Å². The zero-order valence-corrected chi connectivity index (χ0v) is 11.2. The van der Waals surface area contributed by atoms with Crippen molar-refractivity contribution in [3.8, 4) is 12.1 Å². The van der Waals surface area contributed by atoms with E-state index in [1.54, 1.807) is 0 Å². The van der Waals surface area contributed by atoms with Gasteiger partial charge in [0, 0.05) is 0 Å². The van der Waals surface area contributed by atoms with E-state index in [4.69, 9.17) is 0 Å². The molecule has 0 aromatic heterocycles. The van der Waals surface area contributed by atoms with Gasteiger partial charge < -0.3 is 0 Å². The van der Waals surface area contributed by atoms with Crippen molar-refractivity contribution in [3.05, 3.63) is 71.8 Å². The summed E-state index contributed by atoms with van der Waals surface area (Å²) in [5.41, 5.74) is 2.34. The Hall–Kier alpha value is -2.58. The Morgan fingerprint density at radius 3 is 1.45 bits per heavy atom. The summed E-state index contributed by atoms with van der Waals surface area (Å²) in [7, 11) is 0. The maximum atomic E-state index is 9.18. The topological polar surface area (TPSA) is 47.6 Å². The number of rotatable bonds is 5. The minimum absolute atomic E-state index is 0.0230. The zero-order chi connectivity index (χ0) is 14.2. The number of hydrogen-bond donors (Lipinski definition) is 0. The van der Waals surface area contributed by atoms with Crippen molar-refractivity contribution in [2.45, 2.75) is 12.8 Å². The molecule has 20 heavy (non-hydrogen) atoms. The summed E-state index contributed by atoms with van der Waals surface area (Å²) in [6.07, 6.45) is 1.50. The van der Waals surface area contributed by atoms with Gasteiger partial charge in [0.15, 0.2) is 0 Å². The van der Waals surface area contributed by atoms with Gasteiger partial charge in [-0.05, 0) is 29.9 Å². The first-order valence-electron chi connectivity index (χ1n) is 6.70. The third-order valence-corrected chi connectivity index (χ3v) is 3.43. The number of hydrogen-bond acceptors (Lipinski definition) is 2. The molecule has 2 aromatic rings. The highest BCUT2D eigenvalue weighted by Crippen LogP contribution is 2.22. The summed E-state index contributed by atoms with van der Waals surface area (Å²) in [5, 5.41) is 18.4. The fourth-order valence-electron chi connectivity index (χ4n) is 2.38. The van der Waals surface area contributed by atoms with E-state index in [1.165, 1.54) is 11.1 Å². The summed E-state index contributed by atoms with van der Waals surface area (Å²) in [6.45, 7) is 0. The lowest BCUT2D eigenvalue weighted by Gasteiger charge is -2.17. The molecule has 2 nitrogen and oxygen atoms in total. The first-order valence-corrected chi connectivity index (χ1v) is 6.70. The Labute approximate surface area is 119 Å². The molecule has 0 aliphatic heterocycles. The third kappa shape index (κ3) is 3.70. The van der Waals surface area contributed by atoms with Crippen molar-refractivity contribution in [2.24, 2.45) is 11.8 Å². The molecule has 98 valence electrons. The van der Waals surface area contributed by atoms with Crippen LogP contribution in [0.15, 0.2) is 60.7 Å². The van der Waals surface area contributed by atoms with Crippen LogP contribution in [0.25, 0.3) is 0 Å². The van der Waals surface area contributed by atoms with E-state index in [0.29, 0.717) is 0 Å². The Kier molecular flexibility index (Phi) is 4.93. The summed E-state index contributed by atoms with van der Waals surface area (Å²) >= 11 is 0. The fraction of sp³-hybridized carbons (Fsp3) is 0.222. The van der Waals surface area contributed by atoms with E-state index in [9.17, 15) is 10.5 Å². The van der Waals surface area contributed by atoms with Crippen LogP contribution in [0.5, 0.6) is 0 Å². The molecule has 0 heterocycles. The average molecular weight is 260 g/mol. The van der Waals surface area contributed by atoms with E-state index >= 15 is 0 Å². The lowest BCUT2D eigenvalue weighted by molar-refractivity contribution is 0.463. The fourth-order valence-corrected chi connectivity index (χ4v) is 2.38. The molecule has 0 spiro atoms. The van der Waals surface area contributed by atoms with Crippen LogP contribution in [0, 0.1) is 34.5 Å². The molecule has 0 amide bonds. The second-order valence-corrected chi connectivity index (χ2v) is 4.88. The van der Waals surface area contributed by atoms with Crippen LogP contribution in [0.4, 0.5) is 0 Å². The maximum Gasteiger partial charge on any atom is 0.136 e. The molecule has 0 N–H and O–H groups in total. The standard InChI is InChI=1S/C18H16N2/c19-13-18(14-20)17(11-15-7-3-1-4-8-15)12-16-9-5-2-6-10-16/h1-10,17-18H,11-12H2. The molecule has 0 atom stereocenters. The zero-order valence-electron chi connectivity index (χ0n) is 11.2. The van der Waals surface area contributed by atoms with E-state index < -0.39 is 5.92 Å².